The van der Waals surface area contributed by atoms with Gasteiger partial charge in [-0.3, -0.25) is 0 Å². The maximum absolute atomic E-state index is 14.7. The maximum atomic E-state index is 14.7. The van der Waals surface area contributed by atoms with Gasteiger partial charge >= 0.3 is 20.2 Å². The van der Waals surface area contributed by atoms with Gasteiger partial charge in [-0.15, -0.1) is 0 Å². The summed E-state index contributed by atoms with van der Waals surface area (Å²) in [7, 11) is -11.7. The van der Waals surface area contributed by atoms with Crippen LogP contribution >= 0.6 is 10.3 Å². The van der Waals surface area contributed by atoms with Crippen LogP contribution < -0.4 is 4.18 Å². The van der Waals surface area contributed by atoms with E-state index in [2.05, 4.69) is 0 Å². The molecule has 0 radical (unpaired) electrons. The quantitative estimate of drug-likeness (QED) is 0.145. The summed E-state index contributed by atoms with van der Waals surface area (Å²) in [6.45, 7) is 3.81. The molecule has 0 N–H and O–H groups in total. The summed E-state index contributed by atoms with van der Waals surface area (Å²) in [4.78, 5) is 1.81. The lowest BCUT2D eigenvalue weighted by atomic mass is 10.1. The minimum absolute atomic E-state index is 0.0438. The van der Waals surface area contributed by atoms with Crippen molar-refractivity contribution in [3.05, 3.63) is 157 Å². The molecule has 0 unspecified atom stereocenters. The summed E-state index contributed by atoms with van der Waals surface area (Å²) in [6, 6.07) is 42.0. The van der Waals surface area contributed by atoms with Crippen molar-refractivity contribution in [1.82, 2.24) is 0 Å². The number of benzene rings is 6. The van der Waals surface area contributed by atoms with Gasteiger partial charge in [0.15, 0.2) is 5.75 Å². The third-order valence-electron chi connectivity index (χ3n) is 7.30. The van der Waals surface area contributed by atoms with Crippen molar-refractivity contribution in [2.75, 3.05) is 0 Å². The van der Waals surface area contributed by atoms with Crippen molar-refractivity contribution in [1.29, 1.82) is 0 Å². The standard InChI is InChI=1S/C36H30O6S3/c1-27-19-23-32(24-20-27)43(30-13-5-3-6-14-30,31-15-7-4-8-16-31)42-45(39,40)35-18-10-12-29-11-9-17-34(36(29)35)41-44(37,38)33-25-21-28(2)22-26-33/h3-26H,1-2H3. The minimum Gasteiger partial charge on any atom is -0.378 e. The van der Waals surface area contributed by atoms with Gasteiger partial charge in [0, 0.05) is 20.1 Å². The zero-order valence-electron chi connectivity index (χ0n) is 24.5. The van der Waals surface area contributed by atoms with Crippen LogP contribution in [0.2, 0.25) is 0 Å². The van der Waals surface area contributed by atoms with E-state index < -0.39 is 30.5 Å². The summed E-state index contributed by atoms with van der Waals surface area (Å²) >= 11 is 0. The van der Waals surface area contributed by atoms with Crippen LogP contribution in [0.4, 0.5) is 0 Å². The molecule has 9 heteroatoms. The molecule has 0 spiro atoms. The van der Waals surface area contributed by atoms with Crippen LogP contribution in [0.1, 0.15) is 11.1 Å². The predicted molar refractivity (Wildman–Crippen MR) is 178 cm³/mol. The fraction of sp³-hybridized carbons (Fsp3) is 0.0556. The molecule has 0 aliphatic rings. The first-order chi connectivity index (χ1) is 21.6. The maximum Gasteiger partial charge on any atom is 0.339 e. The summed E-state index contributed by atoms with van der Waals surface area (Å²) in [5, 5.41) is 0.584. The first-order valence-electron chi connectivity index (χ1n) is 14.1. The number of hydrogen-bond donors (Lipinski definition) is 0. The third-order valence-corrected chi connectivity index (χ3v) is 13.8. The fourth-order valence-electron chi connectivity index (χ4n) is 5.07. The summed E-state index contributed by atoms with van der Waals surface area (Å²) in [5.41, 5.74) is 1.91. The van der Waals surface area contributed by atoms with Crippen LogP contribution in [0.15, 0.2) is 170 Å². The molecule has 0 saturated heterocycles. The second-order valence-electron chi connectivity index (χ2n) is 10.5. The Kier molecular flexibility index (Phi) is 8.28. The van der Waals surface area contributed by atoms with Crippen molar-refractivity contribution in [2.45, 2.75) is 38.3 Å². The molecular formula is C36H30O6S3. The minimum atomic E-state index is -4.59. The molecule has 0 aromatic heterocycles. The molecular weight excluding hydrogens is 625 g/mol. The van der Waals surface area contributed by atoms with Gasteiger partial charge in [-0.25, -0.2) is 3.63 Å². The topological polar surface area (TPSA) is 86.7 Å². The van der Waals surface area contributed by atoms with E-state index in [1.165, 1.54) is 24.3 Å². The van der Waals surface area contributed by atoms with Crippen molar-refractivity contribution in [2.24, 2.45) is 0 Å². The normalized spacial score (nSPS) is 12.6. The molecule has 0 atom stereocenters. The Morgan fingerprint density at radius 3 is 1.44 bits per heavy atom. The van der Waals surface area contributed by atoms with Crippen LogP contribution in [-0.4, -0.2) is 16.8 Å². The van der Waals surface area contributed by atoms with Crippen LogP contribution in [0.25, 0.3) is 10.8 Å². The first kappa shape index (κ1) is 30.6. The largest absolute Gasteiger partial charge is 0.378 e. The molecule has 0 heterocycles. The monoisotopic (exact) mass is 654 g/mol. The Bertz CT molecular complexity index is 2140. The zero-order chi connectivity index (χ0) is 31.7. The molecule has 45 heavy (non-hydrogen) atoms. The smallest absolute Gasteiger partial charge is 0.339 e. The van der Waals surface area contributed by atoms with E-state index in [1.54, 1.807) is 36.4 Å². The van der Waals surface area contributed by atoms with Gasteiger partial charge in [0.25, 0.3) is 0 Å². The second-order valence-corrected chi connectivity index (χ2v) is 16.4. The van der Waals surface area contributed by atoms with Gasteiger partial charge in [0.1, 0.15) is 9.79 Å². The Labute approximate surface area is 265 Å². The van der Waals surface area contributed by atoms with Crippen LogP contribution in [-0.2, 0) is 23.9 Å². The lowest BCUT2D eigenvalue weighted by Gasteiger charge is -2.39. The molecule has 0 aliphatic heterocycles. The van der Waals surface area contributed by atoms with E-state index in [4.69, 9.17) is 7.81 Å². The van der Waals surface area contributed by atoms with E-state index in [1.807, 2.05) is 98.8 Å². The molecule has 0 aliphatic carbocycles. The average molecular weight is 655 g/mol. The van der Waals surface area contributed by atoms with Gasteiger partial charge in [-0.2, -0.15) is 16.8 Å². The van der Waals surface area contributed by atoms with Crippen LogP contribution in [0.5, 0.6) is 5.75 Å². The average Bonchev–Trinajstić information content (AvgIpc) is 3.05. The molecule has 0 bridgehead atoms. The van der Waals surface area contributed by atoms with Gasteiger partial charge in [0.05, 0.1) is 0 Å². The highest BCUT2D eigenvalue weighted by Gasteiger charge is 2.39. The number of rotatable bonds is 9. The fourth-order valence-corrected chi connectivity index (χ4v) is 11.5. The van der Waals surface area contributed by atoms with E-state index in [0.717, 1.165) is 11.1 Å². The van der Waals surface area contributed by atoms with Crippen molar-refractivity contribution >= 4 is 41.3 Å². The van der Waals surface area contributed by atoms with E-state index >= 15 is 0 Å². The van der Waals surface area contributed by atoms with Gasteiger partial charge in [0.2, 0.25) is 0 Å². The highest BCUT2D eigenvalue weighted by molar-refractivity contribution is 8.33. The Morgan fingerprint density at radius 1 is 0.444 bits per heavy atom. The van der Waals surface area contributed by atoms with Gasteiger partial charge in [-0.05, 0) is 90.2 Å². The highest BCUT2D eigenvalue weighted by atomic mass is 32.3. The number of hydrogen-bond acceptors (Lipinski definition) is 6. The molecule has 6 aromatic carbocycles. The Morgan fingerprint density at radius 2 is 0.911 bits per heavy atom. The van der Waals surface area contributed by atoms with Crippen molar-refractivity contribution in [3.63, 3.8) is 0 Å². The lowest BCUT2D eigenvalue weighted by molar-refractivity contribution is 0.486. The molecule has 0 amide bonds. The summed E-state index contributed by atoms with van der Waals surface area (Å²) in [6.07, 6.45) is 0. The molecule has 0 saturated carbocycles. The SMILES string of the molecule is Cc1ccc(S(OS(=O)(=O)c2cccc3cccc(OS(=O)(=O)c4ccc(C)cc4)c23)(c2ccccc2)c2ccccc2)cc1. The van der Waals surface area contributed by atoms with E-state index in [9.17, 15) is 16.8 Å². The molecule has 0 fully saturated rings. The van der Waals surface area contributed by atoms with Gasteiger partial charge in [-0.1, -0.05) is 96.1 Å². The predicted octanol–water partition coefficient (Wildman–Crippen LogP) is 8.83. The summed E-state index contributed by atoms with van der Waals surface area (Å²) < 4.78 is 68.2. The van der Waals surface area contributed by atoms with Crippen molar-refractivity contribution in [3.8, 4) is 5.75 Å². The molecule has 6 nitrogen and oxygen atoms in total. The summed E-state index contributed by atoms with van der Waals surface area (Å²) in [5.74, 6) is -0.119. The number of aryl methyl sites for hydroxylation is 2. The number of fused-ring (bicyclic) bond motifs is 1. The molecule has 228 valence electrons. The van der Waals surface area contributed by atoms with E-state index in [-0.39, 0.29) is 20.9 Å². The molecule has 6 aromatic rings. The Balaban J connectivity index is 1.56. The zero-order valence-corrected chi connectivity index (χ0v) is 27.0. The van der Waals surface area contributed by atoms with E-state index in [0.29, 0.717) is 20.1 Å². The van der Waals surface area contributed by atoms with Gasteiger partial charge < -0.3 is 4.18 Å². The van der Waals surface area contributed by atoms with Crippen LogP contribution in [0.3, 0.4) is 0 Å². The first-order valence-corrected chi connectivity index (χ1v) is 18.5. The third kappa shape index (κ3) is 6.00. The lowest BCUT2D eigenvalue weighted by Crippen LogP contribution is -2.15. The van der Waals surface area contributed by atoms with Crippen molar-refractivity contribution < 1.29 is 24.6 Å². The molecule has 6 rings (SSSR count). The Hall–Kier alpha value is -4.41. The van der Waals surface area contributed by atoms with Crippen LogP contribution in [0, 0.1) is 13.8 Å². The second kappa shape index (κ2) is 12.2. The highest BCUT2D eigenvalue weighted by Crippen LogP contribution is 2.70.